The third kappa shape index (κ3) is 6.31. The first kappa shape index (κ1) is 23.6. The number of ketones is 2. The number of benzene rings is 2. The third-order valence-corrected chi connectivity index (χ3v) is 3.65. The molecule has 12 heteroatoms. The summed E-state index contributed by atoms with van der Waals surface area (Å²) in [6.45, 7) is 0. The minimum Gasteiger partial charge on any atom is -0.399 e. The number of hydrogen-bond donors (Lipinski definition) is 2. The third-order valence-electron chi connectivity index (χ3n) is 3.03. The highest BCUT2D eigenvalue weighted by molar-refractivity contribution is 6.39. The van der Waals surface area contributed by atoms with Crippen LogP contribution in [-0.2, 0) is 0 Å². The molecule has 4 nitrogen and oxygen atoms in total. The Morgan fingerprint density at radius 1 is 0.714 bits per heavy atom. The van der Waals surface area contributed by atoms with E-state index in [1.807, 2.05) is 0 Å². The first-order valence-electron chi connectivity index (χ1n) is 6.97. The van der Waals surface area contributed by atoms with E-state index in [-0.39, 0.29) is 15.7 Å². The molecule has 0 fully saturated rings. The molecule has 28 heavy (non-hydrogen) atoms. The SMILES string of the molecule is Nc1c(Cl)cc(C(=O)C(F)(F)F)cc1Cl.Nc1ccc(C(=O)C(F)(F)F)cc1. The molecular formula is C16H10Cl2F6N2O2. The Hall–Kier alpha value is -2.46. The predicted octanol–water partition coefficient (Wildman–Crippen LogP) is 5.33. The van der Waals surface area contributed by atoms with Gasteiger partial charge in [-0.2, -0.15) is 26.3 Å². The highest BCUT2D eigenvalue weighted by Crippen LogP contribution is 2.31. The van der Waals surface area contributed by atoms with Crippen LogP contribution in [0.4, 0.5) is 37.7 Å². The van der Waals surface area contributed by atoms with Gasteiger partial charge in [0.1, 0.15) is 0 Å². The molecule has 2 rings (SSSR count). The summed E-state index contributed by atoms with van der Waals surface area (Å²) in [5.74, 6) is -3.86. The number of carbonyl (C=O) groups excluding carboxylic acids is 2. The maximum Gasteiger partial charge on any atom is 0.454 e. The molecule has 0 aromatic heterocycles. The van der Waals surface area contributed by atoms with Gasteiger partial charge in [0.15, 0.2) is 0 Å². The zero-order chi connectivity index (χ0) is 21.9. The molecule has 0 unspecified atom stereocenters. The first-order chi connectivity index (χ1) is 12.6. The summed E-state index contributed by atoms with van der Waals surface area (Å²) in [4.78, 5) is 21.4. The summed E-state index contributed by atoms with van der Waals surface area (Å²) in [6, 6.07) is 6.26. The Labute approximate surface area is 164 Å². The van der Waals surface area contributed by atoms with Crippen molar-refractivity contribution in [1.29, 1.82) is 0 Å². The van der Waals surface area contributed by atoms with Gasteiger partial charge in [-0.3, -0.25) is 9.59 Å². The Bertz CT molecular complexity index is 857. The van der Waals surface area contributed by atoms with Crippen molar-refractivity contribution >= 4 is 46.1 Å². The van der Waals surface area contributed by atoms with Crippen LogP contribution in [0.2, 0.25) is 10.0 Å². The molecule has 0 saturated heterocycles. The molecule has 0 bridgehead atoms. The second kappa shape index (κ2) is 8.70. The summed E-state index contributed by atoms with van der Waals surface area (Å²) in [6.07, 6.45) is -9.78. The van der Waals surface area contributed by atoms with Gasteiger partial charge >= 0.3 is 12.4 Å². The predicted molar refractivity (Wildman–Crippen MR) is 92.5 cm³/mol. The van der Waals surface area contributed by atoms with E-state index in [9.17, 15) is 35.9 Å². The van der Waals surface area contributed by atoms with Crippen LogP contribution < -0.4 is 11.5 Å². The fourth-order valence-electron chi connectivity index (χ4n) is 1.68. The zero-order valence-electron chi connectivity index (χ0n) is 13.5. The van der Waals surface area contributed by atoms with Crippen molar-refractivity contribution in [2.24, 2.45) is 0 Å². The van der Waals surface area contributed by atoms with Crippen LogP contribution in [0.1, 0.15) is 20.7 Å². The lowest BCUT2D eigenvalue weighted by Crippen LogP contribution is -2.22. The van der Waals surface area contributed by atoms with Crippen LogP contribution in [0, 0.1) is 0 Å². The molecule has 0 radical (unpaired) electrons. The summed E-state index contributed by atoms with van der Waals surface area (Å²) in [5.41, 5.74) is 9.77. The molecule has 0 spiro atoms. The Kier molecular flexibility index (Phi) is 7.32. The monoisotopic (exact) mass is 446 g/mol. The lowest BCUT2D eigenvalue weighted by Gasteiger charge is -2.07. The fourth-order valence-corrected chi connectivity index (χ4v) is 2.16. The second-order valence-corrected chi connectivity index (χ2v) is 5.94. The first-order valence-corrected chi connectivity index (χ1v) is 7.73. The summed E-state index contributed by atoms with van der Waals surface area (Å²) < 4.78 is 71.7. The van der Waals surface area contributed by atoms with E-state index in [2.05, 4.69) is 0 Å². The molecule has 4 N–H and O–H groups in total. The van der Waals surface area contributed by atoms with E-state index in [4.69, 9.17) is 34.7 Å². The number of carbonyl (C=O) groups is 2. The van der Waals surface area contributed by atoms with Gasteiger partial charge < -0.3 is 11.5 Å². The van der Waals surface area contributed by atoms with Gasteiger partial charge in [0.05, 0.1) is 15.7 Å². The van der Waals surface area contributed by atoms with E-state index in [0.29, 0.717) is 5.69 Å². The van der Waals surface area contributed by atoms with Crippen molar-refractivity contribution in [3.8, 4) is 0 Å². The minimum atomic E-state index is -4.96. The van der Waals surface area contributed by atoms with Gasteiger partial charge in [0, 0.05) is 16.8 Å². The second-order valence-electron chi connectivity index (χ2n) is 5.13. The summed E-state index contributed by atoms with van der Waals surface area (Å²) >= 11 is 11.0. The summed E-state index contributed by atoms with van der Waals surface area (Å²) in [5, 5.41) is -0.370. The highest BCUT2D eigenvalue weighted by atomic mass is 35.5. The van der Waals surface area contributed by atoms with Crippen LogP contribution in [0.15, 0.2) is 36.4 Å². The lowest BCUT2D eigenvalue weighted by atomic mass is 10.1. The van der Waals surface area contributed by atoms with Gasteiger partial charge in [-0.1, -0.05) is 23.2 Å². The van der Waals surface area contributed by atoms with Crippen LogP contribution in [0.3, 0.4) is 0 Å². The zero-order valence-corrected chi connectivity index (χ0v) is 15.0. The number of alkyl halides is 6. The molecule has 2 aromatic carbocycles. The van der Waals surface area contributed by atoms with Gasteiger partial charge in [0.25, 0.3) is 11.6 Å². The largest absolute Gasteiger partial charge is 0.454 e. The normalized spacial score (nSPS) is 11.4. The number of Topliss-reactive ketones (excluding diaryl/α,β-unsaturated/α-hetero) is 2. The Morgan fingerprint density at radius 2 is 1.07 bits per heavy atom. The average Bonchev–Trinajstić information content (AvgIpc) is 2.57. The van der Waals surface area contributed by atoms with Gasteiger partial charge in [-0.15, -0.1) is 0 Å². The van der Waals surface area contributed by atoms with Crippen LogP contribution in [-0.4, -0.2) is 23.9 Å². The number of nitrogens with two attached hydrogens (primary N) is 2. The van der Waals surface area contributed by atoms with Crippen molar-refractivity contribution < 1.29 is 35.9 Å². The van der Waals surface area contributed by atoms with E-state index in [1.54, 1.807) is 0 Å². The molecule has 0 aliphatic heterocycles. The topological polar surface area (TPSA) is 86.2 Å². The van der Waals surface area contributed by atoms with Crippen LogP contribution in [0.25, 0.3) is 0 Å². The van der Waals surface area contributed by atoms with Crippen molar-refractivity contribution in [2.75, 3.05) is 11.5 Å². The smallest absolute Gasteiger partial charge is 0.399 e. The molecule has 0 atom stereocenters. The van der Waals surface area contributed by atoms with Crippen LogP contribution in [0.5, 0.6) is 0 Å². The molecule has 0 amide bonds. The van der Waals surface area contributed by atoms with Crippen molar-refractivity contribution in [3.63, 3.8) is 0 Å². The number of halogens is 8. The van der Waals surface area contributed by atoms with E-state index in [1.165, 1.54) is 12.1 Å². The van der Waals surface area contributed by atoms with Gasteiger partial charge in [-0.05, 0) is 36.4 Å². The number of nitrogen functional groups attached to an aromatic ring is 2. The van der Waals surface area contributed by atoms with Gasteiger partial charge in [0.2, 0.25) is 0 Å². The van der Waals surface area contributed by atoms with E-state index in [0.717, 1.165) is 24.3 Å². The molecule has 0 saturated carbocycles. The quantitative estimate of drug-likeness (QED) is 0.370. The minimum absolute atomic E-state index is 0.0583. The number of rotatable bonds is 2. The number of anilines is 2. The molecule has 0 heterocycles. The van der Waals surface area contributed by atoms with Crippen molar-refractivity contribution in [1.82, 2.24) is 0 Å². The van der Waals surface area contributed by atoms with Crippen LogP contribution >= 0.6 is 23.2 Å². The molecule has 2 aromatic rings. The van der Waals surface area contributed by atoms with Crippen molar-refractivity contribution in [2.45, 2.75) is 12.4 Å². The number of hydrogen-bond acceptors (Lipinski definition) is 4. The Morgan fingerprint density at radius 3 is 1.43 bits per heavy atom. The molecule has 152 valence electrons. The fraction of sp³-hybridized carbons (Fsp3) is 0.125. The van der Waals surface area contributed by atoms with E-state index >= 15 is 0 Å². The highest BCUT2D eigenvalue weighted by Gasteiger charge is 2.40. The molecule has 0 aliphatic carbocycles. The standard InChI is InChI=1S/C8H4Cl2F3NO.C8H6F3NO/c9-4-1-3(2-5(10)6(4)14)7(15)8(11,12)13;9-8(10,11)7(13)5-1-3-6(12)4-2-5/h1-2H,14H2;1-4H,12H2. The van der Waals surface area contributed by atoms with E-state index < -0.39 is 35.0 Å². The maximum atomic E-state index is 12.0. The summed E-state index contributed by atoms with van der Waals surface area (Å²) in [7, 11) is 0. The maximum absolute atomic E-state index is 12.0. The average molecular weight is 447 g/mol. The molecular weight excluding hydrogens is 437 g/mol. The molecule has 0 aliphatic rings. The van der Waals surface area contributed by atoms with Crippen molar-refractivity contribution in [3.05, 3.63) is 57.6 Å². The Balaban J connectivity index is 0.000000283. The lowest BCUT2D eigenvalue weighted by molar-refractivity contribution is -0.0888. The van der Waals surface area contributed by atoms with Gasteiger partial charge in [-0.25, -0.2) is 0 Å².